The van der Waals surface area contributed by atoms with Crippen molar-refractivity contribution in [2.75, 3.05) is 18.5 Å². The topological polar surface area (TPSA) is 78.4 Å². The van der Waals surface area contributed by atoms with Crippen molar-refractivity contribution in [1.29, 1.82) is 0 Å². The summed E-state index contributed by atoms with van der Waals surface area (Å²) >= 11 is 1.31. The van der Waals surface area contributed by atoms with Gasteiger partial charge in [0.1, 0.15) is 5.51 Å². The highest BCUT2D eigenvalue weighted by Crippen LogP contribution is 2.33. The van der Waals surface area contributed by atoms with Crippen LogP contribution in [0, 0.1) is 0 Å². The van der Waals surface area contributed by atoms with E-state index in [2.05, 4.69) is 22.4 Å². The highest BCUT2D eigenvalue weighted by molar-refractivity contribution is 7.13. The summed E-state index contributed by atoms with van der Waals surface area (Å²) in [7, 11) is 0. The van der Waals surface area contributed by atoms with Crippen molar-refractivity contribution in [2.45, 2.75) is 38.1 Å². The Morgan fingerprint density at radius 1 is 1.72 bits per heavy atom. The van der Waals surface area contributed by atoms with Crippen LogP contribution in [0.5, 0.6) is 0 Å². The highest BCUT2D eigenvalue weighted by Gasteiger charge is 2.39. The largest absolute Gasteiger partial charge is 0.396 e. The van der Waals surface area contributed by atoms with Crippen molar-refractivity contribution in [1.82, 2.24) is 15.1 Å². The second-order valence-electron chi connectivity index (χ2n) is 4.75. The van der Waals surface area contributed by atoms with Gasteiger partial charge in [-0.05, 0) is 32.6 Å². The van der Waals surface area contributed by atoms with Gasteiger partial charge >= 0.3 is 6.03 Å². The number of aliphatic hydroxyl groups is 1. The molecule has 2 N–H and O–H groups in total. The lowest BCUT2D eigenvalue weighted by molar-refractivity contribution is 0.151. The maximum atomic E-state index is 12.2. The first-order chi connectivity index (χ1) is 8.65. The first kappa shape index (κ1) is 13.2. The molecule has 18 heavy (non-hydrogen) atoms. The Labute approximate surface area is 110 Å². The lowest BCUT2D eigenvalue weighted by atomic mass is 9.93. The number of urea groups is 1. The number of amides is 2. The van der Waals surface area contributed by atoms with Crippen molar-refractivity contribution < 1.29 is 9.90 Å². The number of nitrogens with zero attached hydrogens (tertiary/aromatic N) is 3. The average molecular weight is 270 g/mol. The first-order valence-electron chi connectivity index (χ1n) is 6.11. The van der Waals surface area contributed by atoms with Crippen molar-refractivity contribution in [2.24, 2.45) is 0 Å². The molecule has 1 aromatic rings. The van der Waals surface area contributed by atoms with Crippen LogP contribution in [0.3, 0.4) is 0 Å². The number of aliphatic hydroxyl groups excluding tert-OH is 1. The van der Waals surface area contributed by atoms with Crippen LogP contribution in [0.25, 0.3) is 0 Å². The lowest BCUT2D eigenvalue weighted by Crippen LogP contribution is -2.47. The van der Waals surface area contributed by atoms with Crippen LogP contribution in [0.15, 0.2) is 5.51 Å². The van der Waals surface area contributed by atoms with Gasteiger partial charge in [-0.25, -0.2) is 4.79 Å². The third kappa shape index (κ3) is 2.78. The third-order valence-electron chi connectivity index (χ3n) is 3.44. The molecule has 6 nitrogen and oxygen atoms in total. The SMILES string of the molecule is C[C@]1(CCCO)CCCN1C(=O)Nc1nncs1. The van der Waals surface area contributed by atoms with Crippen LogP contribution < -0.4 is 5.32 Å². The molecule has 2 rings (SSSR count). The molecule has 1 atom stereocenters. The van der Waals surface area contributed by atoms with Gasteiger partial charge in [0, 0.05) is 18.7 Å². The van der Waals surface area contributed by atoms with E-state index in [1.165, 1.54) is 11.3 Å². The minimum absolute atomic E-state index is 0.121. The van der Waals surface area contributed by atoms with E-state index in [4.69, 9.17) is 5.11 Å². The van der Waals surface area contributed by atoms with Gasteiger partial charge in [-0.3, -0.25) is 5.32 Å². The lowest BCUT2D eigenvalue weighted by Gasteiger charge is -2.35. The summed E-state index contributed by atoms with van der Waals surface area (Å²) in [6.07, 6.45) is 3.54. The summed E-state index contributed by atoms with van der Waals surface area (Å²) in [4.78, 5) is 14.0. The second kappa shape index (κ2) is 5.62. The number of carbonyl (C=O) groups excluding carboxylic acids is 1. The summed E-state index contributed by atoms with van der Waals surface area (Å²) < 4.78 is 0. The molecule has 1 aliphatic rings. The number of nitrogens with one attached hydrogen (secondary N) is 1. The molecule has 100 valence electrons. The molecule has 0 spiro atoms. The standard InChI is InChI=1S/C11H18N4O2S/c1-11(5-3-7-16)4-2-6-15(11)10(17)13-9-14-12-8-18-9/h8,16H,2-7H2,1H3,(H,13,14,17)/t11-/m1/s1. The molecule has 0 aromatic carbocycles. The van der Waals surface area contributed by atoms with Crippen LogP contribution in [0.4, 0.5) is 9.93 Å². The van der Waals surface area contributed by atoms with E-state index in [-0.39, 0.29) is 18.2 Å². The molecule has 0 aliphatic carbocycles. The van der Waals surface area contributed by atoms with Gasteiger partial charge in [0.2, 0.25) is 5.13 Å². The smallest absolute Gasteiger partial charge is 0.324 e. The fraction of sp³-hybridized carbons (Fsp3) is 0.727. The number of likely N-dealkylation sites (tertiary alicyclic amines) is 1. The molecule has 1 aromatic heterocycles. The van der Waals surface area contributed by atoms with Gasteiger partial charge in [-0.15, -0.1) is 10.2 Å². The van der Waals surface area contributed by atoms with E-state index in [1.807, 2.05) is 4.90 Å². The summed E-state index contributed by atoms with van der Waals surface area (Å²) in [5, 5.41) is 19.7. The van der Waals surface area contributed by atoms with Crippen LogP contribution >= 0.6 is 11.3 Å². The first-order valence-corrected chi connectivity index (χ1v) is 6.99. The minimum atomic E-state index is -0.155. The van der Waals surface area contributed by atoms with E-state index in [0.717, 1.165) is 32.2 Å². The average Bonchev–Trinajstić information content (AvgIpc) is 2.96. The number of aromatic nitrogens is 2. The van der Waals surface area contributed by atoms with E-state index in [1.54, 1.807) is 5.51 Å². The number of anilines is 1. The van der Waals surface area contributed by atoms with E-state index in [9.17, 15) is 4.79 Å². The minimum Gasteiger partial charge on any atom is -0.396 e. The zero-order chi connectivity index (χ0) is 13.0. The van der Waals surface area contributed by atoms with Gasteiger partial charge in [-0.1, -0.05) is 11.3 Å². The fourth-order valence-electron chi connectivity index (χ4n) is 2.48. The van der Waals surface area contributed by atoms with E-state index < -0.39 is 0 Å². The third-order valence-corrected chi connectivity index (χ3v) is 4.05. The van der Waals surface area contributed by atoms with Gasteiger partial charge < -0.3 is 10.0 Å². The second-order valence-corrected chi connectivity index (χ2v) is 5.59. The molecular formula is C11H18N4O2S. The molecule has 0 saturated carbocycles. The molecule has 7 heteroatoms. The predicted octanol–water partition coefficient (Wildman–Crippen LogP) is 1.70. The van der Waals surface area contributed by atoms with Crippen LogP contribution in [0.2, 0.25) is 0 Å². The van der Waals surface area contributed by atoms with Crippen molar-refractivity contribution in [3.8, 4) is 0 Å². The Bertz CT molecular complexity index is 398. The molecule has 0 radical (unpaired) electrons. The molecule has 2 amide bonds. The zero-order valence-corrected chi connectivity index (χ0v) is 11.2. The van der Waals surface area contributed by atoms with Crippen LogP contribution in [0.1, 0.15) is 32.6 Å². The quantitative estimate of drug-likeness (QED) is 0.872. The molecule has 0 unspecified atom stereocenters. The van der Waals surface area contributed by atoms with Gasteiger partial charge in [0.15, 0.2) is 0 Å². The van der Waals surface area contributed by atoms with E-state index >= 15 is 0 Å². The normalized spacial score (nSPS) is 23.3. The Morgan fingerprint density at radius 2 is 2.56 bits per heavy atom. The van der Waals surface area contributed by atoms with Gasteiger partial charge in [-0.2, -0.15) is 0 Å². The molecular weight excluding hydrogens is 252 g/mol. The monoisotopic (exact) mass is 270 g/mol. The molecule has 0 bridgehead atoms. The molecule has 1 saturated heterocycles. The molecule has 1 fully saturated rings. The molecule has 2 heterocycles. The Morgan fingerprint density at radius 3 is 3.22 bits per heavy atom. The number of hydrogen-bond donors (Lipinski definition) is 2. The maximum absolute atomic E-state index is 12.2. The van der Waals surface area contributed by atoms with Gasteiger partial charge in [0.05, 0.1) is 0 Å². The van der Waals surface area contributed by atoms with Crippen LogP contribution in [-0.2, 0) is 0 Å². The van der Waals surface area contributed by atoms with Crippen molar-refractivity contribution in [3.63, 3.8) is 0 Å². The van der Waals surface area contributed by atoms with Gasteiger partial charge in [0.25, 0.3) is 0 Å². The number of hydrogen-bond acceptors (Lipinski definition) is 5. The zero-order valence-electron chi connectivity index (χ0n) is 10.4. The summed E-state index contributed by atoms with van der Waals surface area (Å²) in [5.74, 6) is 0. The summed E-state index contributed by atoms with van der Waals surface area (Å²) in [6.45, 7) is 3.00. The Kier molecular flexibility index (Phi) is 4.13. The Balaban J connectivity index is 1.99. The predicted molar refractivity (Wildman–Crippen MR) is 69.6 cm³/mol. The highest BCUT2D eigenvalue weighted by atomic mass is 32.1. The summed E-state index contributed by atoms with van der Waals surface area (Å²) in [5.41, 5.74) is 1.43. The molecule has 1 aliphatic heterocycles. The Hall–Kier alpha value is -1.21. The fourth-order valence-corrected chi connectivity index (χ4v) is 2.91. The van der Waals surface area contributed by atoms with Crippen molar-refractivity contribution >= 4 is 22.5 Å². The number of rotatable bonds is 4. The van der Waals surface area contributed by atoms with Crippen LogP contribution in [-0.4, -0.2) is 44.9 Å². The number of carbonyl (C=O) groups is 1. The van der Waals surface area contributed by atoms with E-state index in [0.29, 0.717) is 5.13 Å². The summed E-state index contributed by atoms with van der Waals surface area (Å²) in [6, 6.07) is -0.121. The van der Waals surface area contributed by atoms with Crippen molar-refractivity contribution in [3.05, 3.63) is 5.51 Å². The maximum Gasteiger partial charge on any atom is 0.324 e.